The average Bonchev–Trinajstić information content (AvgIpc) is 2.54. The maximum absolute atomic E-state index is 5.59. The van der Waals surface area contributed by atoms with Crippen LogP contribution in [0.25, 0.3) is 11.0 Å². The fourth-order valence-corrected chi connectivity index (χ4v) is 1.53. The van der Waals surface area contributed by atoms with Crippen molar-refractivity contribution in [1.29, 1.82) is 0 Å². The second-order valence-corrected chi connectivity index (χ2v) is 3.55. The van der Waals surface area contributed by atoms with Crippen LogP contribution in [0.2, 0.25) is 0 Å². The van der Waals surface area contributed by atoms with E-state index in [1.54, 1.807) is 0 Å². The summed E-state index contributed by atoms with van der Waals surface area (Å²) < 4.78 is 0. The van der Waals surface area contributed by atoms with Crippen LogP contribution in [-0.4, -0.2) is 22.4 Å². The van der Waals surface area contributed by atoms with Crippen molar-refractivity contribution in [3.05, 3.63) is 24.0 Å². The third-order valence-corrected chi connectivity index (χ3v) is 2.21. The molecule has 0 amide bonds. The van der Waals surface area contributed by atoms with E-state index in [1.807, 2.05) is 25.1 Å². The molecule has 0 radical (unpaired) electrons. The Morgan fingerprint density at radius 1 is 1.50 bits per heavy atom. The molecule has 14 heavy (non-hydrogen) atoms. The van der Waals surface area contributed by atoms with Crippen molar-refractivity contribution in [2.75, 3.05) is 17.7 Å². The Hall–Kier alpha value is -1.22. The third kappa shape index (κ3) is 1.82. The number of hydrogen-bond donors (Lipinski definition) is 2. The molecule has 0 aliphatic carbocycles. The number of nitrogens with one attached hydrogen (secondary N) is 2. The SMILES string of the molecule is Cc1nc2ccc(NCCCl)cc2[nH]1. The van der Waals surface area contributed by atoms with E-state index in [0.717, 1.165) is 29.1 Å². The van der Waals surface area contributed by atoms with Crippen LogP contribution in [0, 0.1) is 6.92 Å². The highest BCUT2D eigenvalue weighted by molar-refractivity contribution is 6.18. The predicted octanol–water partition coefficient (Wildman–Crippen LogP) is 2.52. The number of aryl methyl sites for hydroxylation is 1. The fourth-order valence-electron chi connectivity index (χ4n) is 1.44. The molecule has 0 atom stereocenters. The van der Waals surface area contributed by atoms with Gasteiger partial charge in [0.15, 0.2) is 0 Å². The zero-order valence-electron chi connectivity index (χ0n) is 7.97. The smallest absolute Gasteiger partial charge is 0.104 e. The van der Waals surface area contributed by atoms with Crippen LogP contribution in [0.1, 0.15) is 5.82 Å². The molecular weight excluding hydrogens is 198 g/mol. The van der Waals surface area contributed by atoms with Crippen molar-refractivity contribution in [1.82, 2.24) is 9.97 Å². The Bertz CT molecular complexity index is 436. The average molecular weight is 210 g/mol. The van der Waals surface area contributed by atoms with Gasteiger partial charge < -0.3 is 10.3 Å². The summed E-state index contributed by atoms with van der Waals surface area (Å²) in [6, 6.07) is 6.05. The summed E-state index contributed by atoms with van der Waals surface area (Å²) in [5, 5.41) is 3.22. The summed E-state index contributed by atoms with van der Waals surface area (Å²) in [4.78, 5) is 7.52. The van der Waals surface area contributed by atoms with Gasteiger partial charge in [0.05, 0.1) is 11.0 Å². The number of fused-ring (bicyclic) bond motifs is 1. The molecule has 3 nitrogen and oxygen atoms in total. The van der Waals surface area contributed by atoms with E-state index in [4.69, 9.17) is 11.6 Å². The van der Waals surface area contributed by atoms with E-state index in [0.29, 0.717) is 5.88 Å². The van der Waals surface area contributed by atoms with E-state index in [1.165, 1.54) is 0 Å². The molecule has 0 saturated carbocycles. The maximum atomic E-state index is 5.59. The van der Waals surface area contributed by atoms with Crippen LogP contribution in [-0.2, 0) is 0 Å². The molecule has 0 saturated heterocycles. The molecule has 2 N–H and O–H groups in total. The summed E-state index contributed by atoms with van der Waals surface area (Å²) in [5.41, 5.74) is 3.13. The van der Waals surface area contributed by atoms with Crippen LogP contribution in [0.5, 0.6) is 0 Å². The first-order valence-electron chi connectivity index (χ1n) is 4.56. The van der Waals surface area contributed by atoms with Gasteiger partial charge in [0, 0.05) is 18.1 Å². The minimum atomic E-state index is 0.611. The van der Waals surface area contributed by atoms with Gasteiger partial charge in [-0.2, -0.15) is 0 Å². The molecule has 74 valence electrons. The van der Waals surface area contributed by atoms with E-state index in [2.05, 4.69) is 15.3 Å². The van der Waals surface area contributed by atoms with Gasteiger partial charge in [0.25, 0.3) is 0 Å². The number of nitrogens with zero attached hydrogens (tertiary/aromatic N) is 1. The molecular formula is C10H12ClN3. The van der Waals surface area contributed by atoms with Gasteiger partial charge in [-0.1, -0.05) is 0 Å². The van der Waals surface area contributed by atoms with Crippen molar-refractivity contribution < 1.29 is 0 Å². The molecule has 1 aromatic heterocycles. The molecule has 4 heteroatoms. The van der Waals surface area contributed by atoms with Gasteiger partial charge >= 0.3 is 0 Å². The number of anilines is 1. The van der Waals surface area contributed by atoms with Crippen LogP contribution in [0.4, 0.5) is 5.69 Å². The van der Waals surface area contributed by atoms with Crippen molar-refractivity contribution in [2.45, 2.75) is 6.92 Å². The van der Waals surface area contributed by atoms with E-state index in [-0.39, 0.29) is 0 Å². The first kappa shape index (κ1) is 9.34. The first-order valence-corrected chi connectivity index (χ1v) is 5.09. The number of benzene rings is 1. The maximum Gasteiger partial charge on any atom is 0.104 e. The van der Waals surface area contributed by atoms with Gasteiger partial charge in [-0.25, -0.2) is 4.98 Å². The molecule has 0 bridgehead atoms. The van der Waals surface area contributed by atoms with Crippen LogP contribution >= 0.6 is 11.6 Å². The van der Waals surface area contributed by atoms with Gasteiger partial charge in [-0.3, -0.25) is 0 Å². The largest absolute Gasteiger partial charge is 0.384 e. The predicted molar refractivity (Wildman–Crippen MR) is 60.0 cm³/mol. The summed E-state index contributed by atoms with van der Waals surface area (Å²) in [7, 11) is 0. The number of rotatable bonds is 3. The van der Waals surface area contributed by atoms with Crippen LogP contribution in [0.3, 0.4) is 0 Å². The summed E-state index contributed by atoms with van der Waals surface area (Å²) in [6.07, 6.45) is 0. The van der Waals surface area contributed by atoms with Crippen molar-refractivity contribution in [3.63, 3.8) is 0 Å². The highest BCUT2D eigenvalue weighted by atomic mass is 35.5. The van der Waals surface area contributed by atoms with Gasteiger partial charge in [-0.15, -0.1) is 11.6 Å². The Labute approximate surface area is 87.5 Å². The molecule has 2 aromatic rings. The molecule has 1 heterocycles. The molecule has 0 aliphatic heterocycles. The monoisotopic (exact) mass is 209 g/mol. The second kappa shape index (κ2) is 3.88. The lowest BCUT2D eigenvalue weighted by molar-refractivity contribution is 1.17. The third-order valence-electron chi connectivity index (χ3n) is 2.02. The summed E-state index contributed by atoms with van der Waals surface area (Å²) >= 11 is 5.59. The Morgan fingerprint density at radius 3 is 3.14 bits per heavy atom. The van der Waals surface area contributed by atoms with Crippen molar-refractivity contribution in [3.8, 4) is 0 Å². The topological polar surface area (TPSA) is 40.7 Å². The number of aromatic nitrogens is 2. The molecule has 0 spiro atoms. The minimum absolute atomic E-state index is 0.611. The van der Waals surface area contributed by atoms with Crippen LogP contribution in [0.15, 0.2) is 18.2 Å². The number of alkyl halides is 1. The van der Waals surface area contributed by atoms with Crippen LogP contribution < -0.4 is 5.32 Å². The Kier molecular flexibility index (Phi) is 2.59. The van der Waals surface area contributed by atoms with E-state index >= 15 is 0 Å². The van der Waals surface area contributed by atoms with Crippen molar-refractivity contribution >= 4 is 28.3 Å². The fraction of sp³-hybridized carbons (Fsp3) is 0.300. The van der Waals surface area contributed by atoms with E-state index < -0.39 is 0 Å². The molecule has 0 fully saturated rings. The zero-order valence-corrected chi connectivity index (χ0v) is 8.73. The number of halogens is 1. The normalized spacial score (nSPS) is 10.7. The molecule has 1 aromatic carbocycles. The second-order valence-electron chi connectivity index (χ2n) is 3.17. The van der Waals surface area contributed by atoms with Gasteiger partial charge in [0.2, 0.25) is 0 Å². The minimum Gasteiger partial charge on any atom is -0.384 e. The molecule has 0 unspecified atom stereocenters. The first-order chi connectivity index (χ1) is 6.79. The number of imidazole rings is 1. The quantitative estimate of drug-likeness (QED) is 0.763. The Balaban J connectivity index is 2.31. The number of aromatic amines is 1. The highest BCUT2D eigenvalue weighted by Crippen LogP contribution is 2.16. The van der Waals surface area contributed by atoms with Gasteiger partial charge in [-0.05, 0) is 25.1 Å². The lowest BCUT2D eigenvalue weighted by Gasteiger charge is -2.02. The summed E-state index contributed by atoms with van der Waals surface area (Å²) in [5.74, 6) is 1.55. The van der Waals surface area contributed by atoms with Crippen molar-refractivity contribution in [2.24, 2.45) is 0 Å². The zero-order chi connectivity index (χ0) is 9.97. The number of hydrogen-bond acceptors (Lipinski definition) is 2. The lowest BCUT2D eigenvalue weighted by Crippen LogP contribution is -2.01. The molecule has 2 rings (SSSR count). The standard InChI is InChI=1S/C10H12ClN3/c1-7-13-9-3-2-8(12-5-4-11)6-10(9)14-7/h2-3,6,12H,4-5H2,1H3,(H,13,14). The van der Waals surface area contributed by atoms with E-state index in [9.17, 15) is 0 Å². The molecule has 0 aliphatic rings. The lowest BCUT2D eigenvalue weighted by atomic mass is 10.3. The van der Waals surface area contributed by atoms with Gasteiger partial charge in [0.1, 0.15) is 5.82 Å². The Morgan fingerprint density at radius 2 is 2.36 bits per heavy atom. The highest BCUT2D eigenvalue weighted by Gasteiger charge is 1.99. The number of H-pyrrole nitrogens is 1. The summed E-state index contributed by atoms with van der Waals surface area (Å²) in [6.45, 7) is 2.73.